The van der Waals surface area contributed by atoms with Gasteiger partial charge in [-0.2, -0.15) is 5.10 Å². The molecule has 0 radical (unpaired) electrons. The molecule has 2 aliphatic heterocycles. The SMILES string of the molecule is CNC(=O)c1c(C)oc2cc(Oc3ccnn4cc(C(=O)N5CCC6(CCO6)C5)c(C)c34)ccc12. The Morgan fingerprint density at radius 3 is 2.74 bits per heavy atom. The number of fused-ring (bicyclic) bond motifs is 2. The lowest BCUT2D eigenvalue weighted by Crippen LogP contribution is -2.46. The lowest BCUT2D eigenvalue weighted by molar-refractivity contribution is -0.135. The Labute approximate surface area is 201 Å². The average molecular weight is 475 g/mol. The highest BCUT2D eigenvalue weighted by Gasteiger charge is 2.46. The summed E-state index contributed by atoms with van der Waals surface area (Å²) in [4.78, 5) is 27.4. The van der Waals surface area contributed by atoms with E-state index in [-0.39, 0.29) is 17.4 Å². The topological polar surface area (TPSA) is 98.3 Å². The molecule has 1 unspecified atom stereocenters. The van der Waals surface area contributed by atoms with Crippen LogP contribution in [0.3, 0.4) is 0 Å². The molecule has 1 atom stereocenters. The van der Waals surface area contributed by atoms with Gasteiger partial charge < -0.3 is 24.1 Å². The highest BCUT2D eigenvalue weighted by atomic mass is 16.5. The van der Waals surface area contributed by atoms with Crippen molar-refractivity contribution >= 4 is 28.3 Å². The number of carbonyl (C=O) groups is 2. The van der Waals surface area contributed by atoms with Crippen LogP contribution in [0.25, 0.3) is 16.5 Å². The van der Waals surface area contributed by atoms with Crippen molar-refractivity contribution in [2.45, 2.75) is 32.3 Å². The van der Waals surface area contributed by atoms with Gasteiger partial charge in [0.15, 0.2) is 5.75 Å². The molecule has 1 spiro atoms. The van der Waals surface area contributed by atoms with E-state index in [1.807, 2.05) is 17.9 Å². The van der Waals surface area contributed by atoms with Gasteiger partial charge in [-0.1, -0.05) is 0 Å². The lowest BCUT2D eigenvalue weighted by Gasteiger charge is -2.38. The quantitative estimate of drug-likeness (QED) is 0.482. The first-order chi connectivity index (χ1) is 16.9. The standard InChI is InChI=1S/C26H26N4O5/c1-15-19(25(32)29-10-7-26(14-29)8-11-33-26)13-30-23(15)20(6-9-28-30)35-17-4-5-18-21(12-17)34-16(2)22(18)24(31)27-3/h4-6,9,12-13H,7-8,10-11,14H2,1-3H3,(H,27,31). The Kier molecular flexibility index (Phi) is 4.86. The van der Waals surface area contributed by atoms with Crippen LogP contribution in [0.4, 0.5) is 0 Å². The van der Waals surface area contributed by atoms with E-state index in [4.69, 9.17) is 13.9 Å². The number of furan rings is 1. The van der Waals surface area contributed by atoms with Crippen molar-refractivity contribution in [3.05, 3.63) is 59.1 Å². The fourth-order valence-electron chi connectivity index (χ4n) is 5.22. The largest absolute Gasteiger partial charge is 0.460 e. The zero-order chi connectivity index (χ0) is 24.3. The number of carbonyl (C=O) groups excluding carboxylic acids is 2. The number of ether oxygens (including phenoxy) is 2. The molecule has 9 nitrogen and oxygen atoms in total. The van der Waals surface area contributed by atoms with Gasteiger partial charge in [-0.3, -0.25) is 9.59 Å². The van der Waals surface area contributed by atoms with Crippen molar-refractivity contribution in [2.75, 3.05) is 26.7 Å². The third-order valence-electron chi connectivity index (χ3n) is 7.21. The first-order valence-corrected chi connectivity index (χ1v) is 11.7. The third-order valence-corrected chi connectivity index (χ3v) is 7.21. The molecule has 2 fully saturated rings. The third kappa shape index (κ3) is 3.37. The van der Waals surface area contributed by atoms with E-state index < -0.39 is 0 Å². The molecule has 2 amide bonds. The molecule has 2 aliphatic rings. The molecule has 180 valence electrons. The van der Waals surface area contributed by atoms with Crippen LogP contribution < -0.4 is 10.1 Å². The molecule has 1 N–H and O–H groups in total. The molecular weight excluding hydrogens is 448 g/mol. The molecule has 3 aromatic heterocycles. The van der Waals surface area contributed by atoms with E-state index in [0.29, 0.717) is 47.1 Å². The van der Waals surface area contributed by atoms with Crippen LogP contribution in [-0.4, -0.2) is 58.7 Å². The van der Waals surface area contributed by atoms with E-state index in [2.05, 4.69) is 10.4 Å². The number of aryl methyl sites for hydroxylation is 2. The molecule has 35 heavy (non-hydrogen) atoms. The van der Waals surface area contributed by atoms with E-state index in [9.17, 15) is 9.59 Å². The minimum Gasteiger partial charge on any atom is -0.460 e. The van der Waals surface area contributed by atoms with Gasteiger partial charge in [-0.15, -0.1) is 0 Å². The zero-order valence-corrected chi connectivity index (χ0v) is 19.9. The molecule has 0 saturated carbocycles. The van der Waals surface area contributed by atoms with E-state index in [1.54, 1.807) is 49.1 Å². The van der Waals surface area contributed by atoms with E-state index >= 15 is 0 Å². The Hall–Kier alpha value is -3.85. The summed E-state index contributed by atoms with van der Waals surface area (Å²) in [6.45, 7) is 5.78. The maximum atomic E-state index is 13.3. The second-order valence-corrected chi connectivity index (χ2v) is 9.29. The first kappa shape index (κ1) is 21.7. The van der Waals surface area contributed by atoms with Crippen LogP contribution in [0.2, 0.25) is 0 Å². The van der Waals surface area contributed by atoms with Crippen LogP contribution in [0, 0.1) is 13.8 Å². The summed E-state index contributed by atoms with van der Waals surface area (Å²) in [6, 6.07) is 7.15. The molecule has 1 aromatic carbocycles. The summed E-state index contributed by atoms with van der Waals surface area (Å²) < 4.78 is 19.5. The summed E-state index contributed by atoms with van der Waals surface area (Å²) in [6.07, 6.45) is 5.30. The van der Waals surface area contributed by atoms with Gasteiger partial charge in [0, 0.05) is 43.7 Å². The van der Waals surface area contributed by atoms with Crippen molar-refractivity contribution in [1.29, 1.82) is 0 Å². The minimum atomic E-state index is -0.195. The molecule has 4 aromatic rings. The van der Waals surface area contributed by atoms with Crippen LogP contribution >= 0.6 is 0 Å². The predicted octanol–water partition coefficient (Wildman–Crippen LogP) is 3.85. The number of aromatic nitrogens is 2. The predicted molar refractivity (Wildman–Crippen MR) is 128 cm³/mol. The zero-order valence-electron chi connectivity index (χ0n) is 19.9. The Morgan fingerprint density at radius 1 is 1.20 bits per heavy atom. The normalized spacial score (nSPS) is 19.5. The van der Waals surface area contributed by atoms with Gasteiger partial charge in [0.1, 0.15) is 22.6 Å². The summed E-state index contributed by atoms with van der Waals surface area (Å²) >= 11 is 0. The summed E-state index contributed by atoms with van der Waals surface area (Å²) in [5.41, 5.74) is 3.08. The van der Waals surface area contributed by atoms with Crippen molar-refractivity contribution in [3.8, 4) is 11.5 Å². The van der Waals surface area contributed by atoms with Crippen LogP contribution in [0.1, 0.15) is 44.9 Å². The smallest absolute Gasteiger partial charge is 0.255 e. The number of hydrogen-bond acceptors (Lipinski definition) is 6. The highest BCUT2D eigenvalue weighted by Crippen LogP contribution is 2.38. The van der Waals surface area contributed by atoms with Crippen molar-refractivity contribution in [3.63, 3.8) is 0 Å². The number of benzene rings is 1. The summed E-state index contributed by atoms with van der Waals surface area (Å²) in [7, 11) is 1.59. The second-order valence-electron chi connectivity index (χ2n) is 9.29. The fourth-order valence-corrected chi connectivity index (χ4v) is 5.22. The van der Waals surface area contributed by atoms with Crippen molar-refractivity contribution in [2.24, 2.45) is 0 Å². The minimum absolute atomic E-state index is 0.0134. The summed E-state index contributed by atoms with van der Waals surface area (Å²) in [5, 5.41) is 7.77. The van der Waals surface area contributed by atoms with Gasteiger partial charge in [0.2, 0.25) is 0 Å². The maximum absolute atomic E-state index is 13.3. The first-order valence-electron chi connectivity index (χ1n) is 11.7. The molecule has 2 saturated heterocycles. The molecule has 6 rings (SSSR count). The average Bonchev–Trinajstić information content (AvgIpc) is 3.51. The van der Waals surface area contributed by atoms with E-state index in [1.165, 1.54) is 0 Å². The Balaban J connectivity index is 1.32. The number of nitrogens with one attached hydrogen (secondary N) is 1. The fraction of sp³-hybridized carbons (Fsp3) is 0.346. The van der Waals surface area contributed by atoms with Gasteiger partial charge >= 0.3 is 0 Å². The number of amides is 2. The van der Waals surface area contributed by atoms with Gasteiger partial charge in [0.05, 0.1) is 36.1 Å². The van der Waals surface area contributed by atoms with Crippen molar-refractivity contribution < 1.29 is 23.5 Å². The number of nitrogens with zero attached hydrogens (tertiary/aromatic N) is 3. The molecule has 0 bridgehead atoms. The molecule has 5 heterocycles. The monoisotopic (exact) mass is 474 g/mol. The van der Waals surface area contributed by atoms with Crippen LogP contribution in [-0.2, 0) is 4.74 Å². The van der Waals surface area contributed by atoms with Gasteiger partial charge in [-0.25, -0.2) is 4.52 Å². The van der Waals surface area contributed by atoms with Gasteiger partial charge in [-0.05, 0) is 38.0 Å². The molecule has 0 aliphatic carbocycles. The number of hydrogen-bond donors (Lipinski definition) is 1. The van der Waals surface area contributed by atoms with Crippen LogP contribution in [0.5, 0.6) is 11.5 Å². The lowest BCUT2D eigenvalue weighted by atomic mass is 9.94. The number of likely N-dealkylation sites (tertiary alicyclic amines) is 1. The summed E-state index contributed by atoms with van der Waals surface area (Å²) in [5.74, 6) is 1.47. The van der Waals surface area contributed by atoms with Gasteiger partial charge in [0.25, 0.3) is 11.8 Å². The van der Waals surface area contributed by atoms with Crippen LogP contribution in [0.15, 0.2) is 41.1 Å². The number of rotatable bonds is 4. The second kappa shape index (κ2) is 7.84. The maximum Gasteiger partial charge on any atom is 0.255 e. The van der Waals surface area contributed by atoms with E-state index in [0.717, 1.165) is 35.9 Å². The Morgan fingerprint density at radius 2 is 2.03 bits per heavy atom. The molecular formula is C26H26N4O5. The Bertz CT molecular complexity index is 1500. The van der Waals surface area contributed by atoms with Crippen molar-refractivity contribution in [1.82, 2.24) is 19.8 Å². The highest BCUT2D eigenvalue weighted by molar-refractivity contribution is 6.07. The molecule has 9 heteroatoms.